The number of carbonyl (C=O) groups is 2. The molecule has 0 saturated heterocycles. The first-order chi connectivity index (χ1) is 15.1. The van der Waals surface area contributed by atoms with Gasteiger partial charge < -0.3 is 15.4 Å². The predicted octanol–water partition coefficient (Wildman–Crippen LogP) is 4.62. The Hall–Kier alpha value is -3.14. The average molecular weight is 465 g/mol. The van der Waals surface area contributed by atoms with Gasteiger partial charge in [0, 0.05) is 0 Å². The van der Waals surface area contributed by atoms with Gasteiger partial charge >= 0.3 is 17.8 Å². The summed E-state index contributed by atoms with van der Waals surface area (Å²) >= 11 is 0.949. The first-order valence-corrected chi connectivity index (χ1v) is 10.6. The highest BCUT2D eigenvalue weighted by Gasteiger charge is 2.63. The summed E-state index contributed by atoms with van der Waals surface area (Å²) in [5.74, 6) is -2.48. The molecule has 0 spiro atoms. The Bertz CT molecular complexity index is 1120. The molecule has 1 atom stereocenters. The summed E-state index contributed by atoms with van der Waals surface area (Å²) in [6.07, 6.45) is -5.57. The highest BCUT2D eigenvalue weighted by Crippen LogP contribution is 2.36. The number of hydrogen-bond donors (Lipinski definition) is 2. The number of aromatic nitrogens is 1. The van der Waals surface area contributed by atoms with Crippen molar-refractivity contribution in [3.05, 3.63) is 59.7 Å². The smallest absolute Gasteiger partial charge is 0.442 e. The summed E-state index contributed by atoms with van der Waals surface area (Å²) in [7, 11) is 0.821. The van der Waals surface area contributed by atoms with Gasteiger partial charge in [-0.1, -0.05) is 61.6 Å². The van der Waals surface area contributed by atoms with Crippen LogP contribution in [0.25, 0.3) is 10.2 Å². The van der Waals surface area contributed by atoms with E-state index in [-0.39, 0.29) is 17.5 Å². The van der Waals surface area contributed by atoms with E-state index >= 15 is 0 Å². The van der Waals surface area contributed by atoms with Gasteiger partial charge in [0.15, 0.2) is 5.13 Å². The molecule has 2 N–H and O–H groups in total. The lowest BCUT2D eigenvalue weighted by molar-refractivity contribution is -0.206. The van der Waals surface area contributed by atoms with Gasteiger partial charge in [-0.2, -0.15) is 13.2 Å². The number of esters is 1. The molecule has 32 heavy (non-hydrogen) atoms. The van der Waals surface area contributed by atoms with Crippen LogP contribution >= 0.6 is 11.3 Å². The highest BCUT2D eigenvalue weighted by atomic mass is 32.1. The van der Waals surface area contributed by atoms with Crippen molar-refractivity contribution in [2.75, 3.05) is 12.4 Å². The van der Waals surface area contributed by atoms with E-state index in [4.69, 9.17) is 0 Å². The lowest BCUT2D eigenvalue weighted by Gasteiger charge is -2.34. The number of benzene rings is 2. The number of carbonyl (C=O) groups excluding carboxylic acids is 2. The number of methoxy groups -OCH3 is 1. The topological polar surface area (TPSA) is 80.3 Å². The van der Waals surface area contributed by atoms with Gasteiger partial charge in [0.2, 0.25) is 5.91 Å². The maximum absolute atomic E-state index is 14.2. The Morgan fingerprint density at radius 2 is 1.81 bits per heavy atom. The Labute approximate surface area is 186 Å². The minimum absolute atomic E-state index is 0.177. The van der Waals surface area contributed by atoms with Gasteiger partial charge in [-0.15, -0.1) is 0 Å². The number of hydrogen-bond acceptors (Lipinski definition) is 6. The van der Waals surface area contributed by atoms with Crippen molar-refractivity contribution in [3.63, 3.8) is 0 Å². The Kier molecular flexibility index (Phi) is 6.73. The highest BCUT2D eigenvalue weighted by molar-refractivity contribution is 7.22. The van der Waals surface area contributed by atoms with E-state index in [0.717, 1.165) is 24.0 Å². The van der Waals surface area contributed by atoms with Gasteiger partial charge in [0.25, 0.3) is 0 Å². The number of alkyl halides is 3. The van der Waals surface area contributed by atoms with Crippen LogP contribution in [0.1, 0.15) is 30.9 Å². The Balaban J connectivity index is 1.97. The average Bonchev–Trinajstić information content (AvgIpc) is 3.13. The fraction of sp³-hybridized carbons (Fsp3) is 0.318. The third-order valence-corrected chi connectivity index (χ3v) is 5.76. The maximum Gasteiger partial charge on any atom is 0.442 e. The van der Waals surface area contributed by atoms with E-state index in [1.807, 2.05) is 31.3 Å². The zero-order chi connectivity index (χ0) is 23.5. The largest absolute Gasteiger partial charge is 0.466 e. The molecule has 1 amide bonds. The molecule has 0 radical (unpaired) electrons. The molecular formula is C22H22F3N3O3S. The molecule has 0 unspecified atom stereocenters. The van der Waals surface area contributed by atoms with Gasteiger partial charge in [0.1, 0.15) is 0 Å². The lowest BCUT2D eigenvalue weighted by atomic mass is 10.0. The van der Waals surface area contributed by atoms with Crippen LogP contribution in [-0.4, -0.2) is 35.8 Å². The number of amides is 1. The monoisotopic (exact) mass is 465 g/mol. The van der Waals surface area contributed by atoms with E-state index in [1.54, 1.807) is 36.4 Å². The first kappa shape index (κ1) is 23.5. The second-order valence-corrected chi connectivity index (χ2v) is 8.51. The second-order valence-electron chi connectivity index (χ2n) is 7.48. The Morgan fingerprint density at radius 3 is 2.41 bits per heavy atom. The summed E-state index contributed by atoms with van der Waals surface area (Å²) in [5.41, 5.74) is -1.54. The summed E-state index contributed by atoms with van der Waals surface area (Å²) in [5, 5.41) is 3.75. The van der Waals surface area contributed by atoms with Crippen molar-refractivity contribution >= 4 is 38.6 Å². The number of nitrogens with zero attached hydrogens (tertiary/aromatic N) is 1. The number of halogens is 3. The Morgan fingerprint density at radius 1 is 1.12 bits per heavy atom. The summed E-state index contributed by atoms with van der Waals surface area (Å²) in [4.78, 5) is 29.1. The molecule has 170 valence electrons. The quantitative estimate of drug-likeness (QED) is 0.393. The van der Waals surface area contributed by atoms with Crippen molar-refractivity contribution in [3.8, 4) is 0 Å². The molecule has 0 aliphatic heterocycles. The van der Waals surface area contributed by atoms with Crippen LogP contribution in [0.5, 0.6) is 0 Å². The number of rotatable bonds is 7. The van der Waals surface area contributed by atoms with Crippen LogP contribution in [0.3, 0.4) is 0 Å². The maximum atomic E-state index is 14.2. The predicted molar refractivity (Wildman–Crippen MR) is 116 cm³/mol. The molecule has 0 aliphatic rings. The van der Waals surface area contributed by atoms with E-state index in [9.17, 15) is 22.8 Å². The van der Waals surface area contributed by atoms with Crippen molar-refractivity contribution in [1.29, 1.82) is 0 Å². The molecule has 0 bridgehead atoms. The molecule has 0 fully saturated rings. The molecule has 10 heteroatoms. The SMILES string of the molecule is COC(=O)[C@](NC(=O)Cc1ccccc1)(Nc1nc2ccc(C(C)C)cc2s1)C(F)(F)F. The van der Waals surface area contributed by atoms with Crippen molar-refractivity contribution in [2.45, 2.75) is 38.0 Å². The van der Waals surface area contributed by atoms with Crippen molar-refractivity contribution in [1.82, 2.24) is 10.3 Å². The van der Waals surface area contributed by atoms with E-state index in [0.29, 0.717) is 15.8 Å². The number of nitrogens with one attached hydrogen (secondary N) is 2. The van der Waals surface area contributed by atoms with Crippen LogP contribution in [0, 0.1) is 0 Å². The summed E-state index contributed by atoms with van der Waals surface area (Å²) < 4.78 is 47.7. The fourth-order valence-electron chi connectivity index (χ4n) is 3.09. The summed E-state index contributed by atoms with van der Waals surface area (Å²) in [6.45, 7) is 3.99. The third-order valence-electron chi connectivity index (χ3n) is 4.82. The number of ether oxygens (including phenoxy) is 1. The van der Waals surface area contributed by atoms with Gasteiger partial charge in [-0.3, -0.25) is 4.79 Å². The molecule has 6 nitrogen and oxygen atoms in total. The summed E-state index contributed by atoms with van der Waals surface area (Å²) in [6, 6.07) is 13.6. The van der Waals surface area contributed by atoms with E-state index in [2.05, 4.69) is 15.0 Å². The zero-order valence-corrected chi connectivity index (χ0v) is 18.4. The normalized spacial score (nSPS) is 13.6. The van der Waals surface area contributed by atoms with Crippen LogP contribution in [0.2, 0.25) is 0 Å². The van der Waals surface area contributed by atoms with Crippen molar-refractivity contribution in [2.24, 2.45) is 0 Å². The molecule has 0 aliphatic carbocycles. The fourth-order valence-corrected chi connectivity index (χ4v) is 4.06. The van der Waals surface area contributed by atoms with E-state index < -0.39 is 23.7 Å². The minimum Gasteiger partial charge on any atom is -0.466 e. The lowest BCUT2D eigenvalue weighted by Crippen LogP contribution is -2.69. The molecule has 3 rings (SSSR count). The standard InChI is InChI=1S/C22H22F3N3O3S/c1-13(2)15-9-10-16-17(12-15)32-20(26-16)28-21(19(30)31-3,22(23,24)25)27-18(29)11-14-7-5-4-6-8-14/h4-10,12-13H,11H2,1-3H3,(H,26,28)(H,27,29)/t21-/m0/s1. The van der Waals surface area contributed by atoms with Crippen LogP contribution in [-0.2, 0) is 20.7 Å². The molecule has 2 aromatic carbocycles. The number of anilines is 1. The molecule has 1 aromatic heterocycles. The van der Waals surface area contributed by atoms with Gasteiger partial charge in [0.05, 0.1) is 23.7 Å². The molecule has 3 aromatic rings. The van der Waals surface area contributed by atoms with Crippen molar-refractivity contribution < 1.29 is 27.5 Å². The number of fused-ring (bicyclic) bond motifs is 1. The molecular weight excluding hydrogens is 443 g/mol. The number of thiazole rings is 1. The molecule has 1 heterocycles. The first-order valence-electron chi connectivity index (χ1n) is 9.74. The third kappa shape index (κ3) is 4.85. The zero-order valence-electron chi connectivity index (χ0n) is 17.6. The van der Waals surface area contributed by atoms with Crippen LogP contribution < -0.4 is 10.6 Å². The second kappa shape index (κ2) is 9.15. The van der Waals surface area contributed by atoms with Crippen LogP contribution in [0.4, 0.5) is 18.3 Å². The van der Waals surface area contributed by atoms with Gasteiger partial charge in [-0.25, -0.2) is 9.78 Å². The van der Waals surface area contributed by atoms with E-state index in [1.165, 1.54) is 0 Å². The van der Waals surface area contributed by atoms with Gasteiger partial charge in [-0.05, 0) is 29.2 Å². The molecule has 0 saturated carbocycles. The minimum atomic E-state index is -5.21. The van der Waals surface area contributed by atoms with Crippen LogP contribution in [0.15, 0.2) is 48.5 Å².